The lowest BCUT2D eigenvalue weighted by Crippen LogP contribution is -2.33. The number of amides is 1. The van der Waals surface area contributed by atoms with Crippen molar-refractivity contribution in [3.05, 3.63) is 52.7 Å². The van der Waals surface area contributed by atoms with Crippen molar-refractivity contribution in [2.75, 3.05) is 34.8 Å². The van der Waals surface area contributed by atoms with Gasteiger partial charge in [-0.25, -0.2) is 18.9 Å². The summed E-state index contributed by atoms with van der Waals surface area (Å²) in [6.45, 7) is 0.988. The molecule has 0 spiro atoms. The van der Waals surface area contributed by atoms with Crippen LogP contribution < -0.4 is 15.9 Å². The molecule has 1 aromatic carbocycles. The predicted octanol–water partition coefficient (Wildman–Crippen LogP) is 2.10. The summed E-state index contributed by atoms with van der Waals surface area (Å²) >= 11 is 1.82. The zero-order valence-electron chi connectivity index (χ0n) is 15.6. The Kier molecular flexibility index (Phi) is 5.41. The van der Waals surface area contributed by atoms with Crippen molar-refractivity contribution in [1.29, 1.82) is 0 Å². The van der Waals surface area contributed by atoms with Gasteiger partial charge >= 0.3 is 11.9 Å². The first-order valence-electron chi connectivity index (χ1n) is 9.07. The van der Waals surface area contributed by atoms with Gasteiger partial charge in [0.15, 0.2) is 5.82 Å². The van der Waals surface area contributed by atoms with Crippen LogP contribution in [-0.2, 0) is 17.5 Å². The highest BCUT2D eigenvalue weighted by Crippen LogP contribution is 2.34. The van der Waals surface area contributed by atoms with Gasteiger partial charge in [0.05, 0.1) is 11.3 Å². The average Bonchev–Trinajstić information content (AvgIpc) is 3.04. The second-order valence-corrected chi connectivity index (χ2v) is 7.80. The van der Waals surface area contributed by atoms with Crippen molar-refractivity contribution in [3.63, 3.8) is 0 Å². The van der Waals surface area contributed by atoms with E-state index in [9.17, 15) is 22.8 Å². The highest BCUT2D eigenvalue weighted by atomic mass is 32.2. The van der Waals surface area contributed by atoms with Gasteiger partial charge in [-0.2, -0.15) is 24.9 Å². The molecule has 0 saturated carbocycles. The molecule has 0 aliphatic carbocycles. The lowest BCUT2D eigenvalue weighted by Gasteiger charge is -2.27. The minimum atomic E-state index is -4.61. The molecule has 1 saturated heterocycles. The number of aromatic nitrogens is 4. The van der Waals surface area contributed by atoms with Crippen molar-refractivity contribution in [1.82, 2.24) is 19.2 Å². The third kappa shape index (κ3) is 3.99. The maximum Gasteiger partial charge on any atom is 0.418 e. The number of halogens is 3. The molecule has 2 aromatic heterocycles. The molecule has 158 valence electrons. The molecule has 0 atom stereocenters. The lowest BCUT2D eigenvalue weighted by atomic mass is 10.1. The van der Waals surface area contributed by atoms with E-state index in [0.717, 1.165) is 41.4 Å². The number of alkyl halides is 3. The zero-order chi connectivity index (χ0) is 21.3. The van der Waals surface area contributed by atoms with E-state index >= 15 is 0 Å². The van der Waals surface area contributed by atoms with E-state index in [1.165, 1.54) is 28.9 Å². The van der Waals surface area contributed by atoms with Gasteiger partial charge in [-0.3, -0.25) is 4.79 Å². The molecule has 1 aliphatic rings. The van der Waals surface area contributed by atoms with Crippen LogP contribution in [0.5, 0.6) is 0 Å². The normalized spacial score (nSPS) is 14.8. The van der Waals surface area contributed by atoms with Gasteiger partial charge in [0, 0.05) is 37.0 Å². The average molecular weight is 438 g/mol. The third-order valence-electron chi connectivity index (χ3n) is 4.59. The lowest BCUT2D eigenvalue weighted by molar-refractivity contribution is -0.137. The number of rotatable bonds is 4. The Bertz CT molecular complexity index is 1140. The van der Waals surface area contributed by atoms with Crippen LogP contribution in [0.1, 0.15) is 5.56 Å². The summed E-state index contributed by atoms with van der Waals surface area (Å²) in [7, 11) is 0. The van der Waals surface area contributed by atoms with E-state index < -0.39 is 29.9 Å². The molecule has 1 N–H and O–H groups in total. The first kappa shape index (κ1) is 20.3. The molecular formula is C18H17F3N6O2S. The van der Waals surface area contributed by atoms with E-state index in [1.54, 1.807) is 0 Å². The third-order valence-corrected chi connectivity index (χ3v) is 5.54. The standard InChI is InChI=1S/C18H17F3N6O2S/c19-18(20,21)12-3-1-2-4-13(12)23-14(28)11-27-17(29)26-6-5-22-15(16(26)24-27)25-7-9-30-10-8-25/h1-6H,7-11H2,(H,23,28). The van der Waals surface area contributed by atoms with E-state index in [4.69, 9.17) is 0 Å². The van der Waals surface area contributed by atoms with E-state index in [2.05, 4.69) is 15.4 Å². The molecule has 0 bridgehead atoms. The molecule has 3 heterocycles. The number of hydrogen-bond donors (Lipinski definition) is 1. The molecule has 0 radical (unpaired) electrons. The largest absolute Gasteiger partial charge is 0.418 e. The predicted molar refractivity (Wildman–Crippen MR) is 107 cm³/mol. The van der Waals surface area contributed by atoms with Crippen LogP contribution in [0.4, 0.5) is 24.7 Å². The van der Waals surface area contributed by atoms with Crippen LogP contribution in [0.15, 0.2) is 41.5 Å². The van der Waals surface area contributed by atoms with Crippen molar-refractivity contribution >= 4 is 34.8 Å². The molecule has 12 heteroatoms. The number of nitrogens with zero attached hydrogens (tertiary/aromatic N) is 5. The number of para-hydroxylation sites is 1. The van der Waals surface area contributed by atoms with Gasteiger partial charge < -0.3 is 10.2 Å². The highest BCUT2D eigenvalue weighted by Gasteiger charge is 2.33. The summed E-state index contributed by atoms with van der Waals surface area (Å²) in [4.78, 5) is 31.3. The smallest absolute Gasteiger partial charge is 0.352 e. The van der Waals surface area contributed by atoms with Gasteiger partial charge in [0.1, 0.15) is 6.54 Å². The Morgan fingerprint density at radius 2 is 1.93 bits per heavy atom. The van der Waals surface area contributed by atoms with Crippen LogP contribution >= 0.6 is 11.8 Å². The molecular weight excluding hydrogens is 421 g/mol. The first-order chi connectivity index (χ1) is 14.3. The highest BCUT2D eigenvalue weighted by molar-refractivity contribution is 7.99. The number of hydrogen-bond acceptors (Lipinski definition) is 6. The minimum absolute atomic E-state index is 0.304. The molecule has 3 aromatic rings. The van der Waals surface area contributed by atoms with E-state index in [-0.39, 0.29) is 5.69 Å². The SMILES string of the molecule is O=C(Cn1nc2c(N3CCSCC3)nccn2c1=O)Nc1ccccc1C(F)(F)F. The quantitative estimate of drug-likeness (QED) is 0.672. The second-order valence-electron chi connectivity index (χ2n) is 6.58. The number of nitrogens with one attached hydrogen (secondary N) is 1. The molecule has 1 fully saturated rings. The van der Waals surface area contributed by atoms with Crippen LogP contribution in [0.25, 0.3) is 5.65 Å². The number of benzene rings is 1. The van der Waals surface area contributed by atoms with E-state index in [1.807, 2.05) is 16.7 Å². The summed E-state index contributed by atoms with van der Waals surface area (Å²) in [5.74, 6) is 1.60. The fraction of sp³-hybridized carbons (Fsp3) is 0.333. The monoisotopic (exact) mass is 438 g/mol. The number of fused-ring (bicyclic) bond motifs is 1. The Balaban J connectivity index is 1.60. The number of anilines is 2. The Morgan fingerprint density at radius 3 is 2.67 bits per heavy atom. The van der Waals surface area contributed by atoms with Crippen molar-refractivity contribution in [2.24, 2.45) is 0 Å². The Hall–Kier alpha value is -3.02. The van der Waals surface area contributed by atoms with E-state index in [0.29, 0.717) is 11.5 Å². The molecule has 1 amide bonds. The van der Waals surface area contributed by atoms with Crippen molar-refractivity contribution < 1.29 is 18.0 Å². The van der Waals surface area contributed by atoms with Crippen molar-refractivity contribution in [3.8, 4) is 0 Å². The number of carbonyl (C=O) groups excluding carboxylic acids is 1. The fourth-order valence-corrected chi connectivity index (χ4v) is 4.10. The minimum Gasteiger partial charge on any atom is -0.352 e. The Morgan fingerprint density at radius 1 is 1.20 bits per heavy atom. The van der Waals surface area contributed by atoms with Crippen LogP contribution in [0.2, 0.25) is 0 Å². The zero-order valence-corrected chi connectivity index (χ0v) is 16.4. The molecule has 0 unspecified atom stereocenters. The number of thioether (sulfide) groups is 1. The molecule has 4 rings (SSSR count). The Labute approximate surface area is 172 Å². The summed E-state index contributed by atoms with van der Waals surface area (Å²) in [5, 5.41) is 6.43. The second kappa shape index (κ2) is 8.01. The van der Waals surface area contributed by atoms with Gasteiger partial charge in [0.2, 0.25) is 11.6 Å². The molecule has 1 aliphatic heterocycles. The topological polar surface area (TPSA) is 84.5 Å². The maximum atomic E-state index is 13.1. The van der Waals surface area contributed by atoms with Gasteiger partial charge in [-0.05, 0) is 12.1 Å². The summed E-state index contributed by atoms with van der Waals surface area (Å²) in [5.41, 5.74) is -1.60. The van der Waals surface area contributed by atoms with Gasteiger partial charge in [0.25, 0.3) is 0 Å². The van der Waals surface area contributed by atoms with Crippen molar-refractivity contribution in [2.45, 2.75) is 12.7 Å². The molecule has 8 nitrogen and oxygen atoms in total. The van der Waals surface area contributed by atoms with Gasteiger partial charge in [-0.15, -0.1) is 5.10 Å². The van der Waals surface area contributed by atoms with Crippen LogP contribution in [0, 0.1) is 0 Å². The molecule has 30 heavy (non-hydrogen) atoms. The number of carbonyl (C=O) groups is 1. The summed E-state index contributed by atoms with van der Waals surface area (Å²) in [6, 6.07) is 4.65. The fourth-order valence-electron chi connectivity index (χ4n) is 3.20. The van der Waals surface area contributed by atoms with Crippen LogP contribution in [0.3, 0.4) is 0 Å². The first-order valence-corrected chi connectivity index (χ1v) is 10.2. The maximum absolute atomic E-state index is 13.1. The van der Waals surface area contributed by atoms with Gasteiger partial charge in [-0.1, -0.05) is 12.1 Å². The summed E-state index contributed by atoms with van der Waals surface area (Å²) in [6.07, 6.45) is -1.69. The summed E-state index contributed by atoms with van der Waals surface area (Å²) < 4.78 is 41.5. The van der Waals surface area contributed by atoms with Crippen LogP contribution in [-0.4, -0.2) is 49.7 Å².